The molecular formula is C22H31N3O4. The number of phenols is 1. The Morgan fingerprint density at radius 2 is 1.59 bits per heavy atom. The van der Waals surface area contributed by atoms with Crippen molar-refractivity contribution in [1.82, 2.24) is 9.55 Å². The van der Waals surface area contributed by atoms with Gasteiger partial charge in [-0.1, -0.05) is 41.5 Å². The van der Waals surface area contributed by atoms with E-state index >= 15 is 0 Å². The summed E-state index contributed by atoms with van der Waals surface area (Å²) in [5.41, 5.74) is 7.24. The molecule has 2 aromatic rings. The predicted molar refractivity (Wildman–Crippen MR) is 112 cm³/mol. The first-order chi connectivity index (χ1) is 13.4. The molecule has 3 rings (SSSR count). The van der Waals surface area contributed by atoms with Crippen LogP contribution in [0.1, 0.15) is 70.6 Å². The van der Waals surface area contributed by atoms with Crippen molar-refractivity contribution in [2.24, 2.45) is 0 Å². The fraction of sp³-hybridized carbons (Fsp3) is 0.545. The summed E-state index contributed by atoms with van der Waals surface area (Å²) in [5.74, 6) is 0.511. The molecule has 29 heavy (non-hydrogen) atoms. The first kappa shape index (κ1) is 21.3. The Kier molecular flexibility index (Phi) is 5.49. The highest BCUT2D eigenvalue weighted by atomic mass is 16.7. The van der Waals surface area contributed by atoms with Crippen molar-refractivity contribution in [3.63, 3.8) is 0 Å². The summed E-state index contributed by atoms with van der Waals surface area (Å²) >= 11 is 0. The normalized spacial score (nSPS) is 20.6. The van der Waals surface area contributed by atoms with Gasteiger partial charge in [0, 0.05) is 11.8 Å². The van der Waals surface area contributed by atoms with Crippen LogP contribution < -0.4 is 11.4 Å². The molecule has 1 saturated heterocycles. The lowest BCUT2D eigenvalue weighted by Gasteiger charge is -2.33. The smallest absolute Gasteiger partial charge is 0.349 e. The molecule has 0 aliphatic carbocycles. The number of aromatic hydroxyl groups is 1. The van der Waals surface area contributed by atoms with Gasteiger partial charge < -0.3 is 20.3 Å². The van der Waals surface area contributed by atoms with Gasteiger partial charge in [0.2, 0.25) is 0 Å². The van der Waals surface area contributed by atoms with Crippen molar-refractivity contribution in [3.8, 4) is 5.75 Å². The van der Waals surface area contributed by atoms with Crippen LogP contribution in [-0.2, 0) is 20.3 Å². The van der Waals surface area contributed by atoms with E-state index in [1.807, 2.05) is 12.1 Å². The van der Waals surface area contributed by atoms with E-state index in [1.165, 1.54) is 4.57 Å². The Morgan fingerprint density at radius 3 is 2.03 bits per heavy atom. The zero-order chi connectivity index (χ0) is 21.6. The molecule has 7 heteroatoms. The molecule has 1 aliphatic heterocycles. The zero-order valence-electron chi connectivity index (χ0n) is 18.0. The summed E-state index contributed by atoms with van der Waals surface area (Å²) in [5, 5.41) is 10.9. The molecule has 0 bridgehead atoms. The summed E-state index contributed by atoms with van der Waals surface area (Å²) in [6, 6.07) is 5.21. The molecule has 1 fully saturated rings. The first-order valence-electron chi connectivity index (χ1n) is 9.83. The second-order valence-corrected chi connectivity index (χ2v) is 9.66. The van der Waals surface area contributed by atoms with Gasteiger partial charge in [-0.15, -0.1) is 0 Å². The number of nitrogens with two attached hydrogens (primary N) is 1. The van der Waals surface area contributed by atoms with E-state index in [-0.39, 0.29) is 22.7 Å². The van der Waals surface area contributed by atoms with Gasteiger partial charge in [-0.25, -0.2) is 4.79 Å². The highest BCUT2D eigenvalue weighted by molar-refractivity contribution is 5.50. The molecule has 7 nitrogen and oxygen atoms in total. The van der Waals surface area contributed by atoms with E-state index in [9.17, 15) is 9.90 Å². The van der Waals surface area contributed by atoms with E-state index in [0.717, 1.165) is 16.7 Å². The number of hydrogen-bond acceptors (Lipinski definition) is 6. The zero-order valence-corrected chi connectivity index (χ0v) is 18.0. The number of nitrogens with zero attached hydrogens (tertiary/aromatic N) is 2. The van der Waals surface area contributed by atoms with E-state index in [2.05, 4.69) is 46.5 Å². The fourth-order valence-corrected chi connectivity index (χ4v) is 3.49. The predicted octanol–water partition coefficient (Wildman–Crippen LogP) is 3.41. The van der Waals surface area contributed by atoms with E-state index in [4.69, 9.17) is 15.2 Å². The van der Waals surface area contributed by atoms with Gasteiger partial charge in [0.25, 0.3) is 0 Å². The molecule has 0 saturated carbocycles. The Labute approximate surface area is 171 Å². The van der Waals surface area contributed by atoms with Crippen LogP contribution >= 0.6 is 0 Å². The van der Waals surface area contributed by atoms with E-state index in [1.54, 1.807) is 12.3 Å². The summed E-state index contributed by atoms with van der Waals surface area (Å²) in [7, 11) is 0. The second kappa shape index (κ2) is 7.46. The number of rotatable bonds is 2. The van der Waals surface area contributed by atoms with Gasteiger partial charge in [-0.05, 0) is 40.2 Å². The Bertz CT molecular complexity index is 911. The van der Waals surface area contributed by atoms with Crippen molar-refractivity contribution in [1.29, 1.82) is 0 Å². The molecule has 1 aromatic heterocycles. The monoisotopic (exact) mass is 401 g/mol. The van der Waals surface area contributed by atoms with Gasteiger partial charge in [0.05, 0.1) is 19.3 Å². The molecule has 0 radical (unpaired) electrons. The summed E-state index contributed by atoms with van der Waals surface area (Å²) in [4.78, 5) is 15.8. The van der Waals surface area contributed by atoms with E-state index < -0.39 is 12.0 Å². The average Bonchev–Trinajstić information content (AvgIpc) is 2.60. The van der Waals surface area contributed by atoms with Crippen LogP contribution in [0, 0.1) is 0 Å². The Morgan fingerprint density at radius 1 is 1.07 bits per heavy atom. The number of ether oxygens (including phenoxy) is 2. The lowest BCUT2D eigenvalue weighted by molar-refractivity contribution is -0.201. The molecule has 0 unspecified atom stereocenters. The SMILES string of the molecule is CC(C)(C)c1cc(C2OCC(n3ccc(N)nc3=O)CO2)cc(C(C)(C)C)c1O. The Balaban J connectivity index is 1.89. The standard InChI is InChI=1S/C22H31N3O4/c1-21(2,3)15-9-13(10-16(18(15)26)22(4,5)6)19-28-11-14(12-29-19)25-8-7-17(23)24-20(25)27/h7-10,14,19,26H,11-12H2,1-6H3,(H2,23,24,27). The first-order valence-corrected chi connectivity index (χ1v) is 9.83. The average molecular weight is 402 g/mol. The molecule has 1 aromatic carbocycles. The molecule has 2 heterocycles. The maximum absolute atomic E-state index is 12.1. The van der Waals surface area contributed by atoms with Gasteiger partial charge in [0.1, 0.15) is 11.6 Å². The van der Waals surface area contributed by atoms with Gasteiger partial charge in [-0.3, -0.25) is 4.57 Å². The summed E-state index contributed by atoms with van der Waals surface area (Å²) < 4.78 is 13.4. The third kappa shape index (κ3) is 4.46. The number of benzene rings is 1. The van der Waals surface area contributed by atoms with Crippen molar-refractivity contribution >= 4 is 5.82 Å². The van der Waals surface area contributed by atoms with Crippen LogP contribution in [-0.4, -0.2) is 27.9 Å². The van der Waals surface area contributed by atoms with Crippen LogP contribution in [0.3, 0.4) is 0 Å². The number of phenolic OH excluding ortho intramolecular Hbond substituents is 1. The lowest BCUT2D eigenvalue weighted by atomic mass is 9.78. The van der Waals surface area contributed by atoms with Crippen molar-refractivity contribution in [2.45, 2.75) is 64.7 Å². The van der Waals surface area contributed by atoms with Gasteiger partial charge in [-0.2, -0.15) is 4.98 Å². The Hall–Kier alpha value is -2.38. The number of aromatic nitrogens is 2. The highest BCUT2D eigenvalue weighted by Gasteiger charge is 2.31. The molecule has 0 atom stereocenters. The molecule has 158 valence electrons. The fourth-order valence-electron chi connectivity index (χ4n) is 3.49. The lowest BCUT2D eigenvalue weighted by Crippen LogP contribution is -2.36. The minimum Gasteiger partial charge on any atom is -0.507 e. The third-order valence-electron chi connectivity index (χ3n) is 5.15. The number of nitrogen functional groups attached to an aromatic ring is 1. The topological polar surface area (TPSA) is 99.6 Å². The van der Waals surface area contributed by atoms with Crippen molar-refractivity contribution in [2.75, 3.05) is 18.9 Å². The largest absolute Gasteiger partial charge is 0.507 e. The van der Waals surface area contributed by atoms with Crippen LogP contribution in [0.5, 0.6) is 5.75 Å². The minimum absolute atomic E-state index is 0.190. The molecule has 0 spiro atoms. The van der Waals surface area contributed by atoms with Crippen LogP contribution in [0.2, 0.25) is 0 Å². The van der Waals surface area contributed by atoms with Crippen LogP contribution in [0.25, 0.3) is 0 Å². The third-order valence-corrected chi connectivity index (χ3v) is 5.15. The molecule has 1 aliphatic rings. The molecular weight excluding hydrogens is 370 g/mol. The van der Waals surface area contributed by atoms with E-state index in [0.29, 0.717) is 19.0 Å². The summed E-state index contributed by atoms with van der Waals surface area (Å²) in [6.45, 7) is 13.0. The maximum atomic E-state index is 12.1. The van der Waals surface area contributed by atoms with Gasteiger partial charge in [0.15, 0.2) is 6.29 Å². The second-order valence-electron chi connectivity index (χ2n) is 9.66. The molecule has 3 N–H and O–H groups in total. The van der Waals surface area contributed by atoms with Crippen LogP contribution in [0.15, 0.2) is 29.2 Å². The number of hydrogen-bond donors (Lipinski definition) is 2. The summed E-state index contributed by atoms with van der Waals surface area (Å²) in [6.07, 6.45) is 1.05. The van der Waals surface area contributed by atoms with Crippen molar-refractivity contribution < 1.29 is 14.6 Å². The van der Waals surface area contributed by atoms with Crippen molar-refractivity contribution in [3.05, 3.63) is 51.6 Å². The quantitative estimate of drug-likeness (QED) is 0.800. The van der Waals surface area contributed by atoms with Crippen LogP contribution in [0.4, 0.5) is 5.82 Å². The highest BCUT2D eigenvalue weighted by Crippen LogP contribution is 2.42. The minimum atomic E-state index is -0.563. The molecule has 0 amide bonds. The maximum Gasteiger partial charge on any atom is 0.349 e. The van der Waals surface area contributed by atoms with Gasteiger partial charge >= 0.3 is 5.69 Å². The number of anilines is 1.